The van der Waals surface area contributed by atoms with Gasteiger partial charge in [-0.1, -0.05) is 24.3 Å². The predicted octanol–water partition coefficient (Wildman–Crippen LogP) is 2.17. The van der Waals surface area contributed by atoms with E-state index in [4.69, 9.17) is 4.74 Å². The molecule has 0 aromatic heterocycles. The SMILES string of the molecule is CCN(CC(=O)N[C@H]1CCS(=O)(=O)C1)C(=O)c1ccccc1OCc1ccc(F)cc1. The summed E-state index contributed by atoms with van der Waals surface area (Å²) in [5.41, 5.74) is 1.06. The summed E-state index contributed by atoms with van der Waals surface area (Å²) in [5.74, 6) is -0.760. The number of rotatable bonds is 8. The third-order valence-corrected chi connectivity index (χ3v) is 6.79. The third-order valence-electron chi connectivity index (χ3n) is 5.03. The molecule has 9 heteroatoms. The maximum atomic E-state index is 13.1. The van der Waals surface area contributed by atoms with Crippen molar-refractivity contribution in [2.75, 3.05) is 24.6 Å². The minimum absolute atomic E-state index is 0.0626. The van der Waals surface area contributed by atoms with Gasteiger partial charge in [0, 0.05) is 12.6 Å². The molecule has 31 heavy (non-hydrogen) atoms. The topological polar surface area (TPSA) is 92.8 Å². The number of benzene rings is 2. The number of carbonyl (C=O) groups excluding carboxylic acids is 2. The Morgan fingerprint density at radius 3 is 2.52 bits per heavy atom. The van der Waals surface area contributed by atoms with Crippen molar-refractivity contribution in [1.82, 2.24) is 10.2 Å². The third kappa shape index (κ3) is 6.27. The van der Waals surface area contributed by atoms with Crippen LogP contribution < -0.4 is 10.1 Å². The lowest BCUT2D eigenvalue weighted by Crippen LogP contribution is -2.44. The number of para-hydroxylation sites is 1. The van der Waals surface area contributed by atoms with Crippen LogP contribution in [0, 0.1) is 5.82 Å². The predicted molar refractivity (Wildman–Crippen MR) is 114 cm³/mol. The number of sulfone groups is 1. The van der Waals surface area contributed by atoms with Gasteiger partial charge >= 0.3 is 0 Å². The Hall–Kier alpha value is -2.94. The molecule has 1 heterocycles. The van der Waals surface area contributed by atoms with E-state index in [-0.39, 0.29) is 36.4 Å². The van der Waals surface area contributed by atoms with Crippen LogP contribution in [0.2, 0.25) is 0 Å². The second-order valence-electron chi connectivity index (χ2n) is 7.40. The number of nitrogens with zero attached hydrogens (tertiary/aromatic N) is 1. The van der Waals surface area contributed by atoms with Crippen molar-refractivity contribution < 1.29 is 27.1 Å². The fourth-order valence-corrected chi connectivity index (χ4v) is 5.04. The number of likely N-dealkylation sites (N-methyl/N-ethyl adjacent to an activating group) is 1. The molecule has 0 unspecified atom stereocenters. The molecule has 2 amide bonds. The molecular weight excluding hydrogens is 423 g/mol. The maximum absolute atomic E-state index is 13.1. The fourth-order valence-electron chi connectivity index (χ4n) is 3.36. The Morgan fingerprint density at radius 1 is 1.16 bits per heavy atom. The van der Waals surface area contributed by atoms with E-state index in [2.05, 4.69) is 5.32 Å². The van der Waals surface area contributed by atoms with E-state index in [0.29, 0.717) is 24.3 Å². The molecule has 0 spiro atoms. The number of nitrogens with one attached hydrogen (secondary N) is 1. The lowest BCUT2D eigenvalue weighted by Gasteiger charge is -2.22. The Morgan fingerprint density at radius 2 is 1.87 bits per heavy atom. The molecule has 1 aliphatic heterocycles. The van der Waals surface area contributed by atoms with Crippen LogP contribution in [0.4, 0.5) is 4.39 Å². The molecule has 1 aliphatic rings. The van der Waals surface area contributed by atoms with Crippen LogP contribution in [0.5, 0.6) is 5.75 Å². The van der Waals surface area contributed by atoms with Crippen molar-refractivity contribution in [2.45, 2.75) is 26.0 Å². The van der Waals surface area contributed by atoms with Crippen molar-refractivity contribution in [3.8, 4) is 5.75 Å². The highest BCUT2D eigenvalue weighted by molar-refractivity contribution is 7.91. The quantitative estimate of drug-likeness (QED) is 0.668. The van der Waals surface area contributed by atoms with Gasteiger partial charge < -0.3 is 15.0 Å². The molecule has 1 fully saturated rings. The van der Waals surface area contributed by atoms with Gasteiger partial charge in [-0.2, -0.15) is 0 Å². The van der Waals surface area contributed by atoms with Gasteiger partial charge in [0.05, 0.1) is 23.6 Å². The van der Waals surface area contributed by atoms with Crippen molar-refractivity contribution in [1.29, 1.82) is 0 Å². The molecule has 1 saturated heterocycles. The largest absolute Gasteiger partial charge is 0.488 e. The summed E-state index contributed by atoms with van der Waals surface area (Å²) < 4.78 is 42.0. The minimum atomic E-state index is -3.10. The number of hydrogen-bond acceptors (Lipinski definition) is 5. The van der Waals surface area contributed by atoms with Gasteiger partial charge in [-0.3, -0.25) is 9.59 Å². The lowest BCUT2D eigenvalue weighted by atomic mass is 10.1. The number of amides is 2. The molecule has 7 nitrogen and oxygen atoms in total. The first-order valence-electron chi connectivity index (χ1n) is 10.0. The van der Waals surface area contributed by atoms with E-state index in [0.717, 1.165) is 5.56 Å². The van der Waals surface area contributed by atoms with Crippen LogP contribution in [-0.4, -0.2) is 55.8 Å². The Bertz CT molecular complexity index is 1040. The molecule has 3 rings (SSSR count). The molecule has 1 atom stereocenters. The van der Waals surface area contributed by atoms with Crippen LogP contribution >= 0.6 is 0 Å². The first-order valence-corrected chi connectivity index (χ1v) is 11.8. The fraction of sp³-hybridized carbons (Fsp3) is 0.364. The average Bonchev–Trinajstić information content (AvgIpc) is 3.09. The molecule has 2 aromatic rings. The van der Waals surface area contributed by atoms with Crippen LogP contribution in [-0.2, 0) is 21.2 Å². The van der Waals surface area contributed by atoms with Gasteiger partial charge in [-0.15, -0.1) is 0 Å². The normalized spacial score (nSPS) is 17.2. The van der Waals surface area contributed by atoms with E-state index >= 15 is 0 Å². The summed E-state index contributed by atoms with van der Waals surface area (Å²) in [7, 11) is -3.10. The maximum Gasteiger partial charge on any atom is 0.258 e. The van der Waals surface area contributed by atoms with Gasteiger partial charge in [0.25, 0.3) is 5.91 Å². The summed E-state index contributed by atoms with van der Waals surface area (Å²) >= 11 is 0. The summed E-state index contributed by atoms with van der Waals surface area (Å²) in [5, 5.41) is 2.70. The van der Waals surface area contributed by atoms with Crippen molar-refractivity contribution >= 4 is 21.7 Å². The van der Waals surface area contributed by atoms with Gasteiger partial charge in [0.1, 0.15) is 18.2 Å². The molecule has 0 radical (unpaired) electrons. The molecule has 0 aliphatic carbocycles. The second kappa shape index (κ2) is 9.91. The summed E-state index contributed by atoms with van der Waals surface area (Å²) in [6, 6.07) is 12.2. The van der Waals surface area contributed by atoms with Crippen molar-refractivity contribution in [3.63, 3.8) is 0 Å². The van der Waals surface area contributed by atoms with Gasteiger partial charge in [-0.25, -0.2) is 12.8 Å². The van der Waals surface area contributed by atoms with E-state index in [9.17, 15) is 22.4 Å². The summed E-state index contributed by atoms with van der Waals surface area (Å²) in [4.78, 5) is 26.8. The molecular formula is C22H25FN2O5S. The van der Waals surface area contributed by atoms with Gasteiger partial charge in [0.2, 0.25) is 5.91 Å². The van der Waals surface area contributed by atoms with E-state index in [1.807, 2.05) is 0 Å². The van der Waals surface area contributed by atoms with Crippen LogP contribution in [0.1, 0.15) is 29.3 Å². The molecule has 2 aromatic carbocycles. The Kier molecular flexibility index (Phi) is 7.27. The highest BCUT2D eigenvalue weighted by Gasteiger charge is 2.29. The molecule has 1 N–H and O–H groups in total. The number of carbonyl (C=O) groups is 2. The smallest absolute Gasteiger partial charge is 0.258 e. The first kappa shape index (κ1) is 22.7. The van der Waals surface area contributed by atoms with Crippen molar-refractivity contribution in [2.24, 2.45) is 0 Å². The Balaban J connectivity index is 1.64. The number of hydrogen-bond donors (Lipinski definition) is 1. The highest BCUT2D eigenvalue weighted by Crippen LogP contribution is 2.21. The van der Waals surface area contributed by atoms with Gasteiger partial charge in [0.15, 0.2) is 9.84 Å². The number of halogens is 1. The molecule has 0 saturated carbocycles. The Labute approximate surface area is 181 Å². The van der Waals surface area contributed by atoms with Crippen LogP contribution in [0.25, 0.3) is 0 Å². The van der Waals surface area contributed by atoms with Gasteiger partial charge in [-0.05, 0) is 43.2 Å². The lowest BCUT2D eigenvalue weighted by molar-refractivity contribution is -0.122. The van der Waals surface area contributed by atoms with E-state index < -0.39 is 21.8 Å². The molecule has 166 valence electrons. The van der Waals surface area contributed by atoms with Crippen molar-refractivity contribution in [3.05, 3.63) is 65.5 Å². The van der Waals surface area contributed by atoms with Crippen LogP contribution in [0.3, 0.4) is 0 Å². The van der Waals surface area contributed by atoms with E-state index in [1.54, 1.807) is 43.3 Å². The number of ether oxygens (including phenoxy) is 1. The first-order chi connectivity index (χ1) is 14.8. The zero-order chi connectivity index (χ0) is 22.4. The zero-order valence-electron chi connectivity index (χ0n) is 17.2. The minimum Gasteiger partial charge on any atom is -0.488 e. The summed E-state index contributed by atoms with van der Waals surface area (Å²) in [6.45, 7) is 2.03. The van der Waals surface area contributed by atoms with Crippen LogP contribution in [0.15, 0.2) is 48.5 Å². The second-order valence-corrected chi connectivity index (χ2v) is 9.63. The average molecular weight is 449 g/mol. The monoisotopic (exact) mass is 448 g/mol. The highest BCUT2D eigenvalue weighted by atomic mass is 32.2. The molecule has 0 bridgehead atoms. The summed E-state index contributed by atoms with van der Waals surface area (Å²) in [6.07, 6.45) is 0.383. The standard InChI is InChI=1S/C22H25FN2O5S/c1-2-25(13-21(26)24-18-11-12-31(28,29)15-18)22(27)19-5-3-4-6-20(19)30-14-16-7-9-17(23)10-8-16/h3-10,18H,2,11-15H2,1H3,(H,24,26)/t18-/m0/s1. The zero-order valence-corrected chi connectivity index (χ0v) is 18.0. The van der Waals surface area contributed by atoms with E-state index in [1.165, 1.54) is 17.0 Å².